The van der Waals surface area contributed by atoms with Gasteiger partial charge in [0.25, 0.3) is 0 Å². The molecule has 2 rings (SSSR count). The van der Waals surface area contributed by atoms with Crippen LogP contribution in [0.5, 0.6) is 11.6 Å². The first-order valence-corrected chi connectivity index (χ1v) is 6.00. The van der Waals surface area contributed by atoms with Crippen LogP contribution in [0, 0.1) is 0 Å². The zero-order valence-electron chi connectivity index (χ0n) is 11.2. The molecule has 0 aliphatic rings. The molecule has 0 aliphatic heterocycles. The minimum absolute atomic E-state index is 0.0463. The first-order chi connectivity index (χ1) is 9.97. The fourth-order valence-corrected chi connectivity index (χ4v) is 1.65. The van der Waals surface area contributed by atoms with E-state index >= 15 is 0 Å². The van der Waals surface area contributed by atoms with Gasteiger partial charge in [0.05, 0.1) is 23.1 Å². The molecule has 0 saturated heterocycles. The lowest BCUT2D eigenvalue weighted by Crippen LogP contribution is -2.07. The number of aromatic carboxylic acids is 1. The number of nitrogens with one attached hydrogen (secondary N) is 1. The van der Waals surface area contributed by atoms with E-state index in [9.17, 15) is 9.59 Å². The maximum Gasteiger partial charge on any atom is 0.338 e. The van der Waals surface area contributed by atoms with Gasteiger partial charge < -0.3 is 20.9 Å². The molecular formula is C14H13N3O4. The third kappa shape index (κ3) is 3.47. The zero-order valence-corrected chi connectivity index (χ0v) is 11.2. The molecule has 108 valence electrons. The van der Waals surface area contributed by atoms with Crippen molar-refractivity contribution < 1.29 is 19.4 Å². The predicted molar refractivity (Wildman–Crippen MR) is 76.4 cm³/mol. The van der Waals surface area contributed by atoms with Gasteiger partial charge in [0, 0.05) is 13.0 Å². The summed E-state index contributed by atoms with van der Waals surface area (Å²) in [5, 5.41) is 11.6. The Hall–Kier alpha value is -3.09. The largest absolute Gasteiger partial charge is 0.478 e. The van der Waals surface area contributed by atoms with Crippen molar-refractivity contribution in [1.29, 1.82) is 0 Å². The molecule has 0 bridgehead atoms. The molecule has 0 atom stereocenters. The van der Waals surface area contributed by atoms with E-state index in [4.69, 9.17) is 15.6 Å². The molecule has 1 amide bonds. The minimum Gasteiger partial charge on any atom is -0.478 e. The Kier molecular flexibility index (Phi) is 4.03. The van der Waals surface area contributed by atoms with Crippen molar-refractivity contribution in [1.82, 2.24) is 4.98 Å². The number of pyridine rings is 1. The third-order valence-electron chi connectivity index (χ3n) is 2.55. The lowest BCUT2D eigenvalue weighted by molar-refractivity contribution is -0.114. The molecule has 0 unspecified atom stereocenters. The standard InChI is InChI=1S/C14H13N3O4/c1-8(18)17-11-4-2-3-5-12(11)21-13-6-9(14(19)20)10(15)7-16-13/h2-7H,15H2,1H3,(H,17,18)(H,19,20). The monoisotopic (exact) mass is 287 g/mol. The molecule has 0 aliphatic carbocycles. The molecule has 1 aromatic heterocycles. The topological polar surface area (TPSA) is 115 Å². The molecule has 0 saturated carbocycles. The number of amides is 1. The van der Waals surface area contributed by atoms with Crippen molar-refractivity contribution in [2.75, 3.05) is 11.1 Å². The Morgan fingerprint density at radius 1 is 1.33 bits per heavy atom. The van der Waals surface area contributed by atoms with E-state index in [1.807, 2.05) is 0 Å². The van der Waals surface area contributed by atoms with Gasteiger partial charge in [-0.3, -0.25) is 4.79 Å². The Morgan fingerprint density at radius 3 is 2.71 bits per heavy atom. The van der Waals surface area contributed by atoms with E-state index in [0.29, 0.717) is 11.4 Å². The maximum atomic E-state index is 11.1. The summed E-state index contributed by atoms with van der Waals surface area (Å²) in [7, 11) is 0. The molecular weight excluding hydrogens is 274 g/mol. The highest BCUT2D eigenvalue weighted by molar-refractivity contribution is 5.93. The molecule has 7 heteroatoms. The Labute approximate surface area is 120 Å². The number of aromatic nitrogens is 1. The first-order valence-electron chi connectivity index (χ1n) is 6.00. The van der Waals surface area contributed by atoms with E-state index in [0.717, 1.165) is 0 Å². The van der Waals surface area contributed by atoms with Crippen molar-refractivity contribution in [3.63, 3.8) is 0 Å². The molecule has 0 radical (unpaired) electrons. The molecule has 1 aromatic carbocycles. The van der Waals surface area contributed by atoms with Gasteiger partial charge in [0.1, 0.15) is 0 Å². The van der Waals surface area contributed by atoms with Crippen LogP contribution < -0.4 is 15.8 Å². The number of benzene rings is 1. The van der Waals surface area contributed by atoms with Gasteiger partial charge >= 0.3 is 5.97 Å². The summed E-state index contributed by atoms with van der Waals surface area (Å²) in [5.41, 5.74) is 5.93. The highest BCUT2D eigenvalue weighted by Gasteiger charge is 2.12. The van der Waals surface area contributed by atoms with Crippen LogP contribution in [0.25, 0.3) is 0 Å². The molecule has 21 heavy (non-hydrogen) atoms. The number of carboxylic acids is 1. The van der Waals surface area contributed by atoms with Crippen molar-refractivity contribution in [2.45, 2.75) is 6.92 Å². The summed E-state index contributed by atoms with van der Waals surface area (Å²) < 4.78 is 5.51. The SMILES string of the molecule is CC(=O)Nc1ccccc1Oc1cc(C(=O)O)c(N)cn1. The molecule has 4 N–H and O–H groups in total. The van der Waals surface area contributed by atoms with Gasteiger partial charge in [0.15, 0.2) is 5.75 Å². The molecule has 7 nitrogen and oxygen atoms in total. The van der Waals surface area contributed by atoms with Crippen LogP contribution >= 0.6 is 0 Å². The number of anilines is 2. The average Bonchev–Trinajstić information content (AvgIpc) is 2.42. The number of rotatable bonds is 4. The van der Waals surface area contributed by atoms with Gasteiger partial charge in [-0.2, -0.15) is 0 Å². The normalized spacial score (nSPS) is 9.95. The predicted octanol–water partition coefficient (Wildman–Crippen LogP) is 2.11. The van der Waals surface area contributed by atoms with E-state index in [-0.39, 0.29) is 23.0 Å². The summed E-state index contributed by atoms with van der Waals surface area (Å²) in [5.74, 6) is -1.00. The Bertz CT molecular complexity index is 700. The summed E-state index contributed by atoms with van der Waals surface area (Å²) in [6.07, 6.45) is 1.21. The maximum absolute atomic E-state index is 11.1. The first kappa shape index (κ1) is 14.3. The van der Waals surface area contributed by atoms with Crippen molar-refractivity contribution >= 4 is 23.3 Å². The number of nitrogen functional groups attached to an aromatic ring is 1. The van der Waals surface area contributed by atoms with Crippen LogP contribution in [0.2, 0.25) is 0 Å². The highest BCUT2D eigenvalue weighted by atomic mass is 16.5. The molecule has 0 fully saturated rings. The van der Waals surface area contributed by atoms with E-state index in [1.165, 1.54) is 19.2 Å². The fourth-order valence-electron chi connectivity index (χ4n) is 1.65. The van der Waals surface area contributed by atoms with Crippen LogP contribution in [0.1, 0.15) is 17.3 Å². The molecule has 2 aromatic rings. The Balaban J connectivity index is 2.32. The Morgan fingerprint density at radius 2 is 2.05 bits per heavy atom. The number of hydrogen-bond acceptors (Lipinski definition) is 5. The summed E-state index contributed by atoms with van der Waals surface area (Å²) in [4.78, 5) is 26.1. The molecule has 1 heterocycles. The van der Waals surface area contributed by atoms with Gasteiger partial charge in [0.2, 0.25) is 11.8 Å². The second kappa shape index (κ2) is 5.91. The minimum atomic E-state index is -1.17. The second-order valence-electron chi connectivity index (χ2n) is 4.19. The van der Waals surface area contributed by atoms with Gasteiger partial charge in [-0.1, -0.05) is 12.1 Å². The molecule has 0 spiro atoms. The number of ether oxygens (including phenoxy) is 1. The van der Waals surface area contributed by atoms with Crippen molar-refractivity contribution in [3.05, 3.63) is 42.1 Å². The van der Waals surface area contributed by atoms with E-state index in [2.05, 4.69) is 10.3 Å². The fraction of sp³-hybridized carbons (Fsp3) is 0.0714. The van der Waals surface area contributed by atoms with Crippen molar-refractivity contribution in [3.8, 4) is 11.6 Å². The van der Waals surface area contributed by atoms with Gasteiger partial charge in [-0.15, -0.1) is 0 Å². The van der Waals surface area contributed by atoms with E-state index < -0.39 is 5.97 Å². The number of carboxylic acid groups (broad SMARTS) is 1. The third-order valence-corrected chi connectivity index (χ3v) is 2.55. The number of hydrogen-bond donors (Lipinski definition) is 3. The van der Waals surface area contributed by atoms with Crippen LogP contribution in [0.15, 0.2) is 36.5 Å². The zero-order chi connectivity index (χ0) is 15.4. The van der Waals surface area contributed by atoms with Crippen LogP contribution in [-0.2, 0) is 4.79 Å². The summed E-state index contributed by atoms with van der Waals surface area (Å²) >= 11 is 0. The number of nitrogens with two attached hydrogens (primary N) is 1. The smallest absolute Gasteiger partial charge is 0.338 e. The van der Waals surface area contributed by atoms with E-state index in [1.54, 1.807) is 24.3 Å². The van der Waals surface area contributed by atoms with Crippen LogP contribution in [-0.4, -0.2) is 22.0 Å². The second-order valence-corrected chi connectivity index (χ2v) is 4.19. The lowest BCUT2D eigenvalue weighted by atomic mass is 10.2. The van der Waals surface area contributed by atoms with Gasteiger partial charge in [-0.05, 0) is 12.1 Å². The highest BCUT2D eigenvalue weighted by Crippen LogP contribution is 2.29. The average molecular weight is 287 g/mol. The van der Waals surface area contributed by atoms with Gasteiger partial charge in [-0.25, -0.2) is 9.78 Å². The number of nitrogens with zero attached hydrogens (tertiary/aromatic N) is 1. The number of carbonyl (C=O) groups excluding carboxylic acids is 1. The summed E-state index contributed by atoms with van der Waals surface area (Å²) in [6, 6.07) is 7.96. The summed E-state index contributed by atoms with van der Waals surface area (Å²) in [6.45, 7) is 1.38. The van der Waals surface area contributed by atoms with Crippen molar-refractivity contribution in [2.24, 2.45) is 0 Å². The van der Waals surface area contributed by atoms with Crippen LogP contribution in [0.3, 0.4) is 0 Å². The number of carbonyl (C=O) groups is 2. The van der Waals surface area contributed by atoms with Crippen LogP contribution in [0.4, 0.5) is 11.4 Å². The quantitative estimate of drug-likeness (QED) is 0.793. The number of para-hydroxylation sites is 2. The lowest BCUT2D eigenvalue weighted by Gasteiger charge is -2.11.